The van der Waals surface area contributed by atoms with E-state index in [1.165, 1.54) is 6.07 Å². The average Bonchev–Trinajstić information content (AvgIpc) is 3.26. The molecule has 0 fully saturated rings. The van der Waals surface area contributed by atoms with Crippen molar-refractivity contribution in [2.24, 2.45) is 0 Å². The van der Waals surface area contributed by atoms with E-state index < -0.39 is 0 Å². The average molecular weight is 518 g/mol. The molecule has 1 aliphatic heterocycles. The third kappa shape index (κ3) is 5.08. The van der Waals surface area contributed by atoms with E-state index in [1.54, 1.807) is 30.1 Å². The normalized spacial score (nSPS) is 13.1. The number of rotatable bonds is 5. The van der Waals surface area contributed by atoms with E-state index in [1.807, 2.05) is 59.5 Å². The van der Waals surface area contributed by atoms with Crippen LogP contribution >= 0.6 is 0 Å². The van der Waals surface area contributed by atoms with Crippen LogP contribution in [-0.2, 0) is 24.2 Å². The van der Waals surface area contributed by atoms with Crippen molar-refractivity contribution >= 4 is 5.91 Å². The second-order valence-electron chi connectivity index (χ2n) is 9.80. The molecule has 6 nitrogen and oxygen atoms in total. The molecule has 0 spiro atoms. The van der Waals surface area contributed by atoms with Crippen molar-refractivity contribution in [2.75, 3.05) is 13.1 Å². The zero-order valence-corrected chi connectivity index (χ0v) is 21.7. The summed E-state index contributed by atoms with van der Waals surface area (Å²) in [5.74, 6) is -0.252. The lowest BCUT2D eigenvalue weighted by molar-refractivity contribution is -0.131. The quantitative estimate of drug-likeness (QED) is 0.298. The number of aryl methyl sites for hydroxylation is 1. The van der Waals surface area contributed by atoms with Gasteiger partial charge in [-0.2, -0.15) is 5.10 Å². The molecular formula is C32H28FN5O. The predicted molar refractivity (Wildman–Crippen MR) is 149 cm³/mol. The van der Waals surface area contributed by atoms with Gasteiger partial charge in [0.1, 0.15) is 18.7 Å². The molecule has 0 atom stereocenters. The molecule has 39 heavy (non-hydrogen) atoms. The van der Waals surface area contributed by atoms with Crippen LogP contribution in [0.1, 0.15) is 16.8 Å². The molecule has 3 aromatic carbocycles. The Morgan fingerprint density at radius 1 is 0.846 bits per heavy atom. The standard InChI is InChI=1S/C32H28FN5O/c1-22-18-25(12-13-27(22)33)29-19-30(23-8-4-2-5-9-23)38(36-29)20-31(39)37-16-14-26-28(15-17-37)34-21-35-32(26)24-10-6-3-7-11-24/h2-13,18-19,21H,14-17,20H2,1H3. The summed E-state index contributed by atoms with van der Waals surface area (Å²) in [6.07, 6.45) is 2.98. The van der Waals surface area contributed by atoms with Crippen LogP contribution in [0.5, 0.6) is 0 Å². The zero-order chi connectivity index (χ0) is 26.8. The first kappa shape index (κ1) is 24.7. The lowest BCUT2D eigenvalue weighted by Gasteiger charge is -2.21. The first-order valence-electron chi connectivity index (χ1n) is 13.1. The number of hydrogen-bond donors (Lipinski definition) is 0. The third-order valence-corrected chi connectivity index (χ3v) is 7.27. The van der Waals surface area contributed by atoms with Gasteiger partial charge >= 0.3 is 0 Å². The topological polar surface area (TPSA) is 63.9 Å². The summed E-state index contributed by atoms with van der Waals surface area (Å²) in [4.78, 5) is 24.7. The Balaban J connectivity index is 1.27. The molecule has 0 saturated heterocycles. The van der Waals surface area contributed by atoms with Crippen molar-refractivity contribution in [3.05, 3.63) is 114 Å². The minimum atomic E-state index is -0.251. The van der Waals surface area contributed by atoms with Crippen LogP contribution < -0.4 is 0 Å². The molecule has 5 aromatic rings. The van der Waals surface area contributed by atoms with Gasteiger partial charge in [0.15, 0.2) is 0 Å². The van der Waals surface area contributed by atoms with Gasteiger partial charge in [0.05, 0.1) is 17.1 Å². The van der Waals surface area contributed by atoms with Gasteiger partial charge in [-0.3, -0.25) is 9.48 Å². The first-order chi connectivity index (χ1) is 19.1. The van der Waals surface area contributed by atoms with Crippen molar-refractivity contribution in [1.82, 2.24) is 24.6 Å². The van der Waals surface area contributed by atoms with Crippen LogP contribution in [0.4, 0.5) is 4.39 Å². The highest BCUT2D eigenvalue weighted by Gasteiger charge is 2.24. The van der Waals surface area contributed by atoms with Gasteiger partial charge < -0.3 is 4.90 Å². The van der Waals surface area contributed by atoms with Crippen LogP contribution in [0.15, 0.2) is 91.3 Å². The maximum atomic E-state index is 13.9. The zero-order valence-electron chi connectivity index (χ0n) is 21.7. The van der Waals surface area contributed by atoms with Gasteiger partial charge in [-0.15, -0.1) is 0 Å². The Kier molecular flexibility index (Phi) is 6.71. The van der Waals surface area contributed by atoms with Crippen LogP contribution in [-0.4, -0.2) is 43.6 Å². The molecule has 1 aliphatic rings. The Bertz CT molecular complexity index is 1630. The largest absolute Gasteiger partial charge is 0.340 e. The first-order valence-corrected chi connectivity index (χ1v) is 13.1. The van der Waals surface area contributed by atoms with E-state index in [4.69, 9.17) is 5.10 Å². The van der Waals surface area contributed by atoms with Gasteiger partial charge in [-0.25, -0.2) is 14.4 Å². The highest BCUT2D eigenvalue weighted by atomic mass is 19.1. The van der Waals surface area contributed by atoms with E-state index in [0.29, 0.717) is 37.2 Å². The summed E-state index contributed by atoms with van der Waals surface area (Å²) in [5, 5.41) is 4.80. The molecule has 0 bridgehead atoms. The van der Waals surface area contributed by atoms with Gasteiger partial charge in [0.25, 0.3) is 0 Å². The molecule has 1 amide bonds. The predicted octanol–water partition coefficient (Wildman–Crippen LogP) is 5.75. The summed E-state index contributed by atoms with van der Waals surface area (Å²) in [6.45, 7) is 3.02. The molecule has 0 radical (unpaired) electrons. The summed E-state index contributed by atoms with van der Waals surface area (Å²) in [7, 11) is 0. The molecule has 3 heterocycles. The Morgan fingerprint density at radius 3 is 2.31 bits per heavy atom. The van der Waals surface area contributed by atoms with Gasteiger partial charge in [-0.1, -0.05) is 60.7 Å². The molecule has 0 saturated carbocycles. The lowest BCUT2D eigenvalue weighted by Crippen LogP contribution is -2.36. The monoisotopic (exact) mass is 517 g/mol. The smallest absolute Gasteiger partial charge is 0.244 e. The molecule has 6 rings (SSSR count). The maximum Gasteiger partial charge on any atom is 0.244 e. The summed E-state index contributed by atoms with van der Waals surface area (Å²) in [5.41, 5.74) is 7.99. The van der Waals surface area contributed by atoms with Gasteiger partial charge in [0, 0.05) is 41.9 Å². The molecular weight excluding hydrogens is 489 g/mol. The summed E-state index contributed by atoms with van der Waals surface area (Å²) >= 11 is 0. The highest BCUT2D eigenvalue weighted by Crippen LogP contribution is 2.29. The van der Waals surface area contributed by atoms with Crippen LogP contribution in [0.25, 0.3) is 33.8 Å². The highest BCUT2D eigenvalue weighted by molar-refractivity contribution is 5.78. The minimum absolute atomic E-state index is 0.000792. The number of amides is 1. The van der Waals surface area contributed by atoms with E-state index >= 15 is 0 Å². The molecule has 2 aromatic heterocycles. The SMILES string of the molecule is Cc1cc(-c2cc(-c3ccccc3)n(CC(=O)N3CCc4ncnc(-c5ccccc5)c4CC3)n2)ccc1F. The van der Waals surface area contributed by atoms with E-state index in [9.17, 15) is 9.18 Å². The van der Waals surface area contributed by atoms with E-state index in [2.05, 4.69) is 22.1 Å². The summed E-state index contributed by atoms with van der Waals surface area (Å²) in [6, 6.07) is 27.0. The Morgan fingerprint density at radius 2 is 1.56 bits per heavy atom. The van der Waals surface area contributed by atoms with E-state index in [0.717, 1.165) is 39.3 Å². The van der Waals surface area contributed by atoms with Crippen LogP contribution in [0, 0.1) is 12.7 Å². The number of carbonyl (C=O) groups excluding carboxylic acids is 1. The number of benzene rings is 3. The number of halogens is 1. The van der Waals surface area contributed by atoms with Crippen molar-refractivity contribution in [2.45, 2.75) is 26.3 Å². The van der Waals surface area contributed by atoms with Crippen molar-refractivity contribution in [1.29, 1.82) is 0 Å². The second kappa shape index (κ2) is 10.6. The Hall–Kier alpha value is -4.65. The fourth-order valence-electron chi connectivity index (χ4n) is 5.17. The summed E-state index contributed by atoms with van der Waals surface area (Å²) < 4.78 is 15.7. The molecule has 0 aliphatic carbocycles. The molecule has 7 heteroatoms. The third-order valence-electron chi connectivity index (χ3n) is 7.27. The van der Waals surface area contributed by atoms with Gasteiger partial charge in [-0.05, 0) is 48.7 Å². The van der Waals surface area contributed by atoms with Crippen LogP contribution in [0.3, 0.4) is 0 Å². The number of hydrogen-bond acceptors (Lipinski definition) is 4. The minimum Gasteiger partial charge on any atom is -0.340 e. The maximum absolute atomic E-state index is 13.9. The number of aromatic nitrogens is 4. The number of fused-ring (bicyclic) bond motifs is 1. The fraction of sp³-hybridized carbons (Fsp3) is 0.188. The molecule has 0 unspecified atom stereocenters. The number of nitrogens with zero attached hydrogens (tertiary/aromatic N) is 5. The van der Waals surface area contributed by atoms with E-state index in [-0.39, 0.29) is 18.3 Å². The van der Waals surface area contributed by atoms with Crippen molar-refractivity contribution in [3.8, 4) is 33.8 Å². The van der Waals surface area contributed by atoms with Gasteiger partial charge in [0.2, 0.25) is 5.91 Å². The lowest BCUT2D eigenvalue weighted by atomic mass is 10.0. The van der Waals surface area contributed by atoms with Crippen molar-refractivity contribution < 1.29 is 9.18 Å². The van der Waals surface area contributed by atoms with Crippen LogP contribution in [0.2, 0.25) is 0 Å². The number of carbonyl (C=O) groups is 1. The second-order valence-corrected chi connectivity index (χ2v) is 9.80. The molecule has 194 valence electrons. The Labute approximate surface area is 226 Å². The fourth-order valence-corrected chi connectivity index (χ4v) is 5.17. The van der Waals surface area contributed by atoms with Crippen molar-refractivity contribution in [3.63, 3.8) is 0 Å². The molecule has 0 N–H and O–H groups in total.